The number of nitrogens with zero attached hydrogens (tertiary/aromatic N) is 2. The molecule has 0 amide bonds. The molecule has 3 aromatic rings. The SMILES string of the molecule is Fc1ccc(Nc2ncnc3ccc(Br)cc23)cc1Cl. The first-order chi connectivity index (χ1) is 9.63. The van der Waals surface area contributed by atoms with Gasteiger partial charge in [0.05, 0.1) is 10.5 Å². The Morgan fingerprint density at radius 1 is 1.10 bits per heavy atom. The minimum atomic E-state index is -0.451. The fraction of sp³-hybridized carbons (Fsp3) is 0. The molecule has 1 heterocycles. The lowest BCUT2D eigenvalue weighted by atomic mass is 10.2. The van der Waals surface area contributed by atoms with Crippen molar-refractivity contribution in [2.75, 3.05) is 5.32 Å². The Hall–Kier alpha value is -1.72. The number of benzene rings is 2. The summed E-state index contributed by atoms with van der Waals surface area (Å²) in [4.78, 5) is 8.41. The summed E-state index contributed by atoms with van der Waals surface area (Å²) < 4.78 is 14.1. The van der Waals surface area contributed by atoms with E-state index < -0.39 is 5.82 Å². The minimum Gasteiger partial charge on any atom is -0.340 e. The normalized spacial score (nSPS) is 10.8. The number of fused-ring (bicyclic) bond motifs is 1. The summed E-state index contributed by atoms with van der Waals surface area (Å²) in [5.74, 6) is 0.187. The van der Waals surface area contributed by atoms with Crippen LogP contribution in [0.2, 0.25) is 5.02 Å². The lowest BCUT2D eigenvalue weighted by molar-refractivity contribution is 0.628. The van der Waals surface area contributed by atoms with Gasteiger partial charge >= 0.3 is 0 Å². The minimum absolute atomic E-state index is 0.0644. The average Bonchev–Trinajstić information content (AvgIpc) is 2.44. The molecule has 0 atom stereocenters. The first kappa shape index (κ1) is 13.3. The molecule has 100 valence electrons. The molecule has 0 radical (unpaired) electrons. The Bertz CT molecular complexity index is 794. The van der Waals surface area contributed by atoms with Crippen molar-refractivity contribution >= 4 is 49.9 Å². The Kier molecular flexibility index (Phi) is 3.54. The van der Waals surface area contributed by atoms with E-state index in [0.717, 1.165) is 15.4 Å². The van der Waals surface area contributed by atoms with Crippen LogP contribution in [0.1, 0.15) is 0 Å². The Morgan fingerprint density at radius 3 is 2.75 bits per heavy atom. The lowest BCUT2D eigenvalue weighted by Gasteiger charge is -2.09. The second kappa shape index (κ2) is 5.34. The average molecular weight is 353 g/mol. The van der Waals surface area contributed by atoms with Crippen LogP contribution in [-0.2, 0) is 0 Å². The topological polar surface area (TPSA) is 37.8 Å². The summed E-state index contributed by atoms with van der Waals surface area (Å²) in [5, 5.41) is 4.05. The van der Waals surface area contributed by atoms with E-state index >= 15 is 0 Å². The maximum absolute atomic E-state index is 13.2. The Balaban J connectivity index is 2.05. The Morgan fingerprint density at radius 2 is 1.95 bits per heavy atom. The molecule has 0 spiro atoms. The van der Waals surface area contributed by atoms with Gasteiger partial charge in [0, 0.05) is 15.5 Å². The molecule has 0 saturated heterocycles. The summed E-state index contributed by atoms with van der Waals surface area (Å²) in [7, 11) is 0. The van der Waals surface area contributed by atoms with Crippen molar-refractivity contribution in [2.45, 2.75) is 0 Å². The summed E-state index contributed by atoms with van der Waals surface area (Å²) >= 11 is 9.19. The number of rotatable bonds is 2. The first-order valence-electron chi connectivity index (χ1n) is 5.76. The molecule has 2 aromatic carbocycles. The third-order valence-corrected chi connectivity index (χ3v) is 3.56. The second-order valence-electron chi connectivity index (χ2n) is 4.14. The maximum Gasteiger partial charge on any atom is 0.141 e. The van der Waals surface area contributed by atoms with Gasteiger partial charge < -0.3 is 5.32 Å². The van der Waals surface area contributed by atoms with Gasteiger partial charge in [0.2, 0.25) is 0 Å². The summed E-state index contributed by atoms with van der Waals surface area (Å²) in [6, 6.07) is 10.2. The van der Waals surface area contributed by atoms with Crippen LogP contribution in [0.15, 0.2) is 47.2 Å². The molecule has 0 aliphatic carbocycles. The molecular formula is C14H8BrClFN3. The summed E-state index contributed by atoms with van der Waals surface area (Å²) in [6.45, 7) is 0. The molecule has 0 fully saturated rings. The van der Waals surface area contributed by atoms with Gasteiger partial charge in [0.15, 0.2) is 0 Å². The number of nitrogens with one attached hydrogen (secondary N) is 1. The van der Waals surface area contributed by atoms with Crippen LogP contribution < -0.4 is 5.32 Å². The van der Waals surface area contributed by atoms with Crippen LogP contribution in [0, 0.1) is 5.82 Å². The molecule has 20 heavy (non-hydrogen) atoms. The van der Waals surface area contributed by atoms with E-state index in [1.807, 2.05) is 18.2 Å². The maximum atomic E-state index is 13.2. The third-order valence-electron chi connectivity index (χ3n) is 2.78. The zero-order valence-corrected chi connectivity index (χ0v) is 12.4. The monoisotopic (exact) mass is 351 g/mol. The van der Waals surface area contributed by atoms with Gasteiger partial charge in [-0.05, 0) is 36.4 Å². The van der Waals surface area contributed by atoms with Crippen molar-refractivity contribution in [1.29, 1.82) is 0 Å². The molecule has 0 aliphatic rings. The van der Waals surface area contributed by atoms with Gasteiger partial charge in [-0.25, -0.2) is 14.4 Å². The molecule has 3 nitrogen and oxygen atoms in total. The summed E-state index contributed by atoms with van der Waals surface area (Å²) in [5.41, 5.74) is 1.48. The van der Waals surface area contributed by atoms with E-state index in [1.165, 1.54) is 18.5 Å². The van der Waals surface area contributed by atoms with E-state index in [1.54, 1.807) is 6.07 Å². The zero-order chi connectivity index (χ0) is 14.1. The third kappa shape index (κ3) is 2.59. The molecule has 0 unspecified atom stereocenters. The van der Waals surface area contributed by atoms with Crippen molar-refractivity contribution in [2.24, 2.45) is 0 Å². The largest absolute Gasteiger partial charge is 0.340 e. The van der Waals surface area contributed by atoms with E-state index in [-0.39, 0.29) is 5.02 Å². The van der Waals surface area contributed by atoms with Crippen molar-refractivity contribution in [3.05, 3.63) is 58.0 Å². The highest BCUT2D eigenvalue weighted by molar-refractivity contribution is 9.10. The molecule has 0 saturated carbocycles. The van der Waals surface area contributed by atoms with Crippen molar-refractivity contribution in [1.82, 2.24) is 9.97 Å². The fourth-order valence-electron chi connectivity index (χ4n) is 1.84. The number of anilines is 2. The number of hydrogen-bond acceptors (Lipinski definition) is 3. The molecule has 0 bridgehead atoms. The van der Waals surface area contributed by atoms with Crippen LogP contribution in [0.5, 0.6) is 0 Å². The van der Waals surface area contributed by atoms with Crippen LogP contribution in [0.25, 0.3) is 10.9 Å². The highest BCUT2D eigenvalue weighted by Crippen LogP contribution is 2.27. The molecular weight excluding hydrogens is 345 g/mol. The van der Waals surface area contributed by atoms with Gasteiger partial charge in [-0.3, -0.25) is 0 Å². The zero-order valence-electron chi connectivity index (χ0n) is 10.1. The highest BCUT2D eigenvalue weighted by atomic mass is 79.9. The smallest absolute Gasteiger partial charge is 0.141 e. The number of hydrogen-bond donors (Lipinski definition) is 1. The highest BCUT2D eigenvalue weighted by Gasteiger charge is 2.06. The first-order valence-corrected chi connectivity index (χ1v) is 6.93. The van der Waals surface area contributed by atoms with Crippen LogP contribution in [0.4, 0.5) is 15.9 Å². The number of aromatic nitrogens is 2. The van der Waals surface area contributed by atoms with Crippen LogP contribution in [-0.4, -0.2) is 9.97 Å². The van der Waals surface area contributed by atoms with E-state index in [9.17, 15) is 4.39 Å². The van der Waals surface area contributed by atoms with Gasteiger partial charge in [-0.1, -0.05) is 27.5 Å². The molecule has 6 heteroatoms. The van der Waals surface area contributed by atoms with Crippen molar-refractivity contribution in [3.63, 3.8) is 0 Å². The van der Waals surface area contributed by atoms with Crippen molar-refractivity contribution in [3.8, 4) is 0 Å². The molecule has 1 aromatic heterocycles. The fourth-order valence-corrected chi connectivity index (χ4v) is 2.38. The second-order valence-corrected chi connectivity index (χ2v) is 5.46. The van der Waals surface area contributed by atoms with Gasteiger partial charge in [0.1, 0.15) is 18.0 Å². The van der Waals surface area contributed by atoms with E-state index in [4.69, 9.17) is 11.6 Å². The predicted molar refractivity (Wildman–Crippen MR) is 81.9 cm³/mol. The summed E-state index contributed by atoms with van der Waals surface area (Å²) in [6.07, 6.45) is 1.48. The van der Waals surface area contributed by atoms with Crippen LogP contribution in [0.3, 0.4) is 0 Å². The Labute approximate surface area is 127 Å². The lowest BCUT2D eigenvalue weighted by Crippen LogP contribution is -1.96. The van der Waals surface area contributed by atoms with Gasteiger partial charge in [-0.15, -0.1) is 0 Å². The van der Waals surface area contributed by atoms with Gasteiger partial charge in [-0.2, -0.15) is 0 Å². The molecule has 3 rings (SSSR count). The van der Waals surface area contributed by atoms with E-state index in [0.29, 0.717) is 11.5 Å². The van der Waals surface area contributed by atoms with Gasteiger partial charge in [0.25, 0.3) is 0 Å². The molecule has 1 N–H and O–H groups in total. The number of halogens is 3. The van der Waals surface area contributed by atoms with E-state index in [2.05, 4.69) is 31.2 Å². The quantitative estimate of drug-likeness (QED) is 0.711. The predicted octanol–water partition coefficient (Wildman–Crippen LogP) is 4.93. The standard InChI is InChI=1S/C14H8BrClFN3/c15-8-1-4-13-10(5-8)14(19-7-18-13)20-9-2-3-12(17)11(16)6-9/h1-7H,(H,18,19,20). The van der Waals surface area contributed by atoms with Crippen LogP contribution >= 0.6 is 27.5 Å². The molecule has 0 aliphatic heterocycles. The van der Waals surface area contributed by atoms with Crippen molar-refractivity contribution < 1.29 is 4.39 Å².